The second-order valence-electron chi connectivity index (χ2n) is 4.64. The second kappa shape index (κ2) is 5.37. The molecule has 0 unspecified atom stereocenters. The lowest BCUT2D eigenvalue weighted by Crippen LogP contribution is -2.64. The maximum Gasteiger partial charge on any atom is 0.416 e. The highest BCUT2D eigenvalue weighted by Crippen LogP contribution is 2.48. The third-order valence-electron chi connectivity index (χ3n) is 3.87. The Morgan fingerprint density at radius 2 is 1.95 bits per heavy atom. The average Bonchev–Trinajstić information content (AvgIpc) is 2.85. The zero-order valence-corrected chi connectivity index (χ0v) is 11.6. The van der Waals surface area contributed by atoms with Gasteiger partial charge in [0, 0.05) is 20.6 Å². The van der Waals surface area contributed by atoms with E-state index in [0.717, 1.165) is 4.90 Å². The summed E-state index contributed by atoms with van der Waals surface area (Å²) >= 11 is 0. The van der Waals surface area contributed by atoms with E-state index in [-0.39, 0.29) is 19.6 Å². The van der Waals surface area contributed by atoms with Crippen molar-refractivity contribution in [3.63, 3.8) is 0 Å². The minimum atomic E-state index is -1.21. The van der Waals surface area contributed by atoms with Gasteiger partial charge in [-0.2, -0.15) is 0 Å². The molecule has 1 heterocycles. The summed E-state index contributed by atoms with van der Waals surface area (Å²) in [5.74, 6) is -3.89. The van der Waals surface area contributed by atoms with Crippen molar-refractivity contribution in [1.82, 2.24) is 4.90 Å². The maximum atomic E-state index is 12.5. The van der Waals surface area contributed by atoms with Crippen LogP contribution in [0.5, 0.6) is 0 Å². The van der Waals surface area contributed by atoms with Crippen molar-refractivity contribution < 1.29 is 33.3 Å². The lowest BCUT2D eigenvalue weighted by atomic mass is 9.66. The molecular formula is C12H17NO7. The summed E-state index contributed by atoms with van der Waals surface area (Å²) < 4.78 is 19.9. The van der Waals surface area contributed by atoms with Crippen LogP contribution in [-0.2, 0) is 28.5 Å². The van der Waals surface area contributed by atoms with Crippen molar-refractivity contribution >= 4 is 18.0 Å². The van der Waals surface area contributed by atoms with E-state index in [1.807, 2.05) is 0 Å². The van der Waals surface area contributed by atoms with Crippen LogP contribution >= 0.6 is 0 Å². The Balaban J connectivity index is 2.24. The van der Waals surface area contributed by atoms with Gasteiger partial charge in [-0.1, -0.05) is 0 Å². The molecule has 20 heavy (non-hydrogen) atoms. The molecule has 0 aromatic rings. The number of hydrogen-bond acceptors (Lipinski definition) is 7. The van der Waals surface area contributed by atoms with Crippen LogP contribution in [-0.4, -0.2) is 63.1 Å². The Morgan fingerprint density at radius 3 is 2.40 bits per heavy atom. The van der Waals surface area contributed by atoms with Crippen LogP contribution in [0.15, 0.2) is 0 Å². The normalized spacial score (nSPS) is 27.8. The number of amides is 2. The molecule has 8 heteroatoms. The van der Waals surface area contributed by atoms with E-state index < -0.39 is 35.6 Å². The minimum Gasteiger partial charge on any atom is -0.469 e. The van der Waals surface area contributed by atoms with Gasteiger partial charge in [0.25, 0.3) is 0 Å². The van der Waals surface area contributed by atoms with E-state index in [1.165, 1.54) is 21.3 Å². The molecule has 0 aromatic heterocycles. The molecular weight excluding hydrogens is 270 g/mol. The zero-order chi connectivity index (χ0) is 14.9. The Bertz CT molecular complexity index is 432. The van der Waals surface area contributed by atoms with Crippen molar-refractivity contribution in [1.29, 1.82) is 0 Å². The third-order valence-corrected chi connectivity index (χ3v) is 3.87. The van der Waals surface area contributed by atoms with Crippen LogP contribution in [0, 0.1) is 11.8 Å². The molecule has 2 fully saturated rings. The molecule has 2 atom stereocenters. The van der Waals surface area contributed by atoms with Crippen LogP contribution in [0.4, 0.5) is 4.79 Å². The van der Waals surface area contributed by atoms with E-state index >= 15 is 0 Å². The van der Waals surface area contributed by atoms with Gasteiger partial charge in [0.15, 0.2) is 5.79 Å². The molecule has 1 saturated carbocycles. The molecule has 112 valence electrons. The van der Waals surface area contributed by atoms with Gasteiger partial charge in [-0.25, -0.2) is 9.69 Å². The highest BCUT2D eigenvalue weighted by Gasteiger charge is 2.63. The molecule has 0 bridgehead atoms. The fraction of sp³-hybridized carbons (Fsp3) is 0.750. The standard InChI is InChI=1S/C12H17NO7/c1-17-10(15)7-6-12(18-2,19-3)8(7)9(14)13-4-5-20-11(13)16/h7-8H,4-6H2,1-3H3/t7-,8-/m0/s1. The van der Waals surface area contributed by atoms with Crippen LogP contribution in [0.3, 0.4) is 0 Å². The maximum absolute atomic E-state index is 12.5. The highest BCUT2D eigenvalue weighted by molar-refractivity contribution is 5.97. The molecule has 0 aromatic carbocycles. The van der Waals surface area contributed by atoms with Crippen molar-refractivity contribution in [2.24, 2.45) is 11.8 Å². The van der Waals surface area contributed by atoms with Crippen molar-refractivity contribution in [2.75, 3.05) is 34.5 Å². The molecule has 8 nitrogen and oxygen atoms in total. The van der Waals surface area contributed by atoms with Crippen LogP contribution in [0.2, 0.25) is 0 Å². The number of carbonyl (C=O) groups excluding carboxylic acids is 3. The van der Waals surface area contributed by atoms with Gasteiger partial charge < -0.3 is 18.9 Å². The Labute approximate surface area is 115 Å². The average molecular weight is 287 g/mol. The molecule has 2 aliphatic rings. The first-order chi connectivity index (χ1) is 9.50. The van der Waals surface area contributed by atoms with Crippen molar-refractivity contribution in [2.45, 2.75) is 12.2 Å². The minimum absolute atomic E-state index is 0.146. The van der Waals surface area contributed by atoms with Gasteiger partial charge in [0.2, 0.25) is 5.91 Å². The van der Waals surface area contributed by atoms with E-state index in [0.29, 0.717) is 0 Å². The summed E-state index contributed by atoms with van der Waals surface area (Å²) in [5, 5.41) is 0. The summed E-state index contributed by atoms with van der Waals surface area (Å²) in [6.07, 6.45) is -0.516. The first-order valence-electron chi connectivity index (χ1n) is 6.17. The fourth-order valence-corrected chi connectivity index (χ4v) is 2.69. The number of rotatable bonds is 4. The summed E-state index contributed by atoms with van der Waals surface area (Å²) in [6.45, 7) is 0.304. The van der Waals surface area contributed by atoms with E-state index in [2.05, 4.69) is 4.74 Å². The Kier molecular flexibility index (Phi) is 3.96. The fourth-order valence-electron chi connectivity index (χ4n) is 2.69. The Hall–Kier alpha value is -1.67. The Morgan fingerprint density at radius 1 is 1.30 bits per heavy atom. The molecule has 1 aliphatic heterocycles. The van der Waals surface area contributed by atoms with E-state index in [9.17, 15) is 14.4 Å². The predicted molar refractivity (Wildman–Crippen MR) is 63.4 cm³/mol. The van der Waals surface area contributed by atoms with Crippen molar-refractivity contribution in [3.8, 4) is 0 Å². The lowest BCUT2D eigenvalue weighted by molar-refractivity contribution is -0.301. The highest BCUT2D eigenvalue weighted by atomic mass is 16.7. The third kappa shape index (κ3) is 2.04. The number of cyclic esters (lactones) is 1. The number of imide groups is 1. The number of ether oxygens (including phenoxy) is 4. The van der Waals surface area contributed by atoms with Crippen LogP contribution in [0.25, 0.3) is 0 Å². The first-order valence-corrected chi connectivity index (χ1v) is 6.17. The summed E-state index contributed by atoms with van der Waals surface area (Å²) in [4.78, 5) is 36.6. The topological polar surface area (TPSA) is 91.4 Å². The molecule has 2 rings (SSSR count). The van der Waals surface area contributed by atoms with Crippen LogP contribution in [0.1, 0.15) is 6.42 Å². The molecule has 0 spiro atoms. The number of carbonyl (C=O) groups is 3. The van der Waals surface area contributed by atoms with Gasteiger partial charge in [-0.15, -0.1) is 0 Å². The zero-order valence-electron chi connectivity index (χ0n) is 11.6. The molecule has 2 amide bonds. The van der Waals surface area contributed by atoms with Gasteiger partial charge in [-0.3, -0.25) is 9.59 Å². The number of methoxy groups -OCH3 is 3. The lowest BCUT2D eigenvalue weighted by Gasteiger charge is -2.50. The van der Waals surface area contributed by atoms with Gasteiger partial charge >= 0.3 is 12.1 Å². The summed E-state index contributed by atoms with van der Waals surface area (Å²) in [6, 6.07) is 0. The largest absolute Gasteiger partial charge is 0.469 e. The van der Waals surface area contributed by atoms with Gasteiger partial charge in [0.05, 0.1) is 19.6 Å². The molecule has 0 radical (unpaired) electrons. The number of esters is 1. The summed E-state index contributed by atoms with van der Waals surface area (Å²) in [7, 11) is 4.02. The number of hydrogen-bond donors (Lipinski definition) is 0. The van der Waals surface area contributed by atoms with Crippen LogP contribution < -0.4 is 0 Å². The quantitative estimate of drug-likeness (QED) is 0.520. The smallest absolute Gasteiger partial charge is 0.416 e. The van der Waals surface area contributed by atoms with Crippen molar-refractivity contribution in [3.05, 3.63) is 0 Å². The van der Waals surface area contributed by atoms with Gasteiger partial charge in [-0.05, 0) is 0 Å². The van der Waals surface area contributed by atoms with E-state index in [1.54, 1.807) is 0 Å². The SMILES string of the molecule is COC(=O)[C@H]1CC(OC)(OC)[C@@H]1C(=O)N1CCOC1=O. The monoisotopic (exact) mass is 287 g/mol. The molecule has 0 N–H and O–H groups in total. The molecule has 1 saturated heterocycles. The van der Waals surface area contributed by atoms with Gasteiger partial charge in [0.1, 0.15) is 12.5 Å². The second-order valence-corrected chi connectivity index (χ2v) is 4.64. The number of nitrogens with zero attached hydrogens (tertiary/aromatic N) is 1. The summed E-state index contributed by atoms with van der Waals surface area (Å²) in [5.41, 5.74) is 0. The molecule has 1 aliphatic carbocycles. The van der Waals surface area contributed by atoms with E-state index in [4.69, 9.17) is 14.2 Å². The predicted octanol–water partition coefficient (Wildman–Crippen LogP) is -0.237. The first kappa shape index (κ1) is 14.7.